The lowest BCUT2D eigenvalue weighted by Gasteiger charge is -2.09. The van der Waals surface area contributed by atoms with Gasteiger partial charge in [0.25, 0.3) is 10.0 Å². The van der Waals surface area contributed by atoms with Crippen molar-refractivity contribution in [3.05, 3.63) is 47.2 Å². The molecule has 2 amide bonds. The molecule has 9 heteroatoms. The molecule has 0 saturated heterocycles. The van der Waals surface area contributed by atoms with Gasteiger partial charge in [-0.25, -0.2) is 13.2 Å². The molecule has 0 spiro atoms. The van der Waals surface area contributed by atoms with E-state index in [2.05, 4.69) is 31.0 Å². The van der Waals surface area contributed by atoms with Crippen LogP contribution >= 0.6 is 15.9 Å². The van der Waals surface area contributed by atoms with Crippen LogP contribution in [0.3, 0.4) is 0 Å². The van der Waals surface area contributed by atoms with E-state index in [1.54, 1.807) is 18.2 Å². The second-order valence-electron chi connectivity index (χ2n) is 4.01. The van der Waals surface area contributed by atoms with Crippen LogP contribution in [0.25, 0.3) is 0 Å². The number of nitrogens with one attached hydrogen (secondary N) is 2. The number of benzene rings is 1. The fraction of sp³-hybridized carbons (Fsp3) is 0. The Kier molecular flexibility index (Phi) is 4.43. The van der Waals surface area contributed by atoms with Gasteiger partial charge in [-0.3, -0.25) is 9.71 Å². The fourth-order valence-electron chi connectivity index (χ4n) is 1.56. The third-order valence-corrected chi connectivity index (χ3v) is 4.15. The predicted octanol–water partition coefficient (Wildman–Crippen LogP) is 2.14. The van der Waals surface area contributed by atoms with Crippen LogP contribution in [0.1, 0.15) is 0 Å². The summed E-state index contributed by atoms with van der Waals surface area (Å²) in [5, 5.41) is 2.36. The molecule has 4 N–H and O–H groups in total. The van der Waals surface area contributed by atoms with Crippen LogP contribution in [0.2, 0.25) is 0 Å². The van der Waals surface area contributed by atoms with Gasteiger partial charge in [0, 0.05) is 22.6 Å². The lowest BCUT2D eigenvalue weighted by atomic mass is 10.3. The van der Waals surface area contributed by atoms with E-state index >= 15 is 0 Å². The summed E-state index contributed by atoms with van der Waals surface area (Å²) in [6.07, 6.45) is 2.72. The molecule has 1 aromatic carbocycles. The van der Waals surface area contributed by atoms with Crippen LogP contribution in [0.15, 0.2) is 52.1 Å². The van der Waals surface area contributed by atoms with Crippen LogP contribution < -0.4 is 15.8 Å². The highest BCUT2D eigenvalue weighted by Crippen LogP contribution is 2.20. The molecule has 0 bridgehead atoms. The van der Waals surface area contributed by atoms with Crippen molar-refractivity contribution >= 4 is 43.4 Å². The molecule has 1 aromatic heterocycles. The monoisotopic (exact) mass is 370 g/mol. The molecule has 0 aliphatic heterocycles. The quantitative estimate of drug-likeness (QED) is 0.764. The fourth-order valence-corrected chi connectivity index (χ4v) is 3.11. The van der Waals surface area contributed by atoms with E-state index in [1.807, 2.05) is 0 Å². The number of amides is 2. The van der Waals surface area contributed by atoms with Gasteiger partial charge in [0.2, 0.25) is 0 Å². The minimum Gasteiger partial charge on any atom is -0.351 e. The highest BCUT2D eigenvalue weighted by molar-refractivity contribution is 9.10. The number of anilines is 2. The molecule has 21 heavy (non-hydrogen) atoms. The molecule has 2 aromatic rings. The Morgan fingerprint density at radius 3 is 2.57 bits per heavy atom. The van der Waals surface area contributed by atoms with Gasteiger partial charge in [-0.2, -0.15) is 0 Å². The number of urea groups is 1. The van der Waals surface area contributed by atoms with Gasteiger partial charge in [0.15, 0.2) is 0 Å². The number of pyridine rings is 1. The Labute approximate surface area is 129 Å². The van der Waals surface area contributed by atoms with Crippen molar-refractivity contribution in [1.29, 1.82) is 0 Å². The summed E-state index contributed by atoms with van der Waals surface area (Å²) in [5.41, 5.74) is 5.68. The summed E-state index contributed by atoms with van der Waals surface area (Å²) in [4.78, 5) is 14.6. The van der Waals surface area contributed by atoms with Crippen molar-refractivity contribution in [2.45, 2.75) is 4.90 Å². The molecule has 0 atom stereocenters. The first-order valence-corrected chi connectivity index (χ1v) is 7.94. The Morgan fingerprint density at radius 2 is 1.90 bits per heavy atom. The van der Waals surface area contributed by atoms with E-state index in [0.29, 0.717) is 15.8 Å². The Bertz CT molecular complexity index is 780. The van der Waals surface area contributed by atoms with Gasteiger partial charge in [0.1, 0.15) is 4.90 Å². The van der Waals surface area contributed by atoms with Crippen LogP contribution in [0.4, 0.5) is 16.2 Å². The average Bonchev–Trinajstić information content (AvgIpc) is 2.37. The third kappa shape index (κ3) is 4.17. The number of carbonyl (C=O) groups excluding carboxylic acids is 1. The van der Waals surface area contributed by atoms with Crippen molar-refractivity contribution < 1.29 is 13.2 Å². The summed E-state index contributed by atoms with van der Waals surface area (Å²) in [6.45, 7) is 0. The van der Waals surface area contributed by atoms with Crippen molar-refractivity contribution in [2.24, 2.45) is 5.73 Å². The molecule has 0 unspecified atom stereocenters. The summed E-state index contributed by atoms with van der Waals surface area (Å²) >= 11 is 3.16. The Morgan fingerprint density at radius 1 is 1.19 bits per heavy atom. The van der Waals surface area contributed by atoms with Crippen molar-refractivity contribution in [3.8, 4) is 0 Å². The zero-order valence-electron chi connectivity index (χ0n) is 10.6. The number of primary amides is 1. The predicted molar refractivity (Wildman–Crippen MR) is 82.4 cm³/mol. The van der Waals surface area contributed by atoms with E-state index in [1.165, 1.54) is 24.5 Å². The van der Waals surface area contributed by atoms with Crippen LogP contribution in [-0.4, -0.2) is 19.4 Å². The SMILES string of the molecule is NC(=O)Nc1cccc(NS(=O)(=O)c2cncc(Br)c2)c1. The van der Waals surface area contributed by atoms with E-state index in [9.17, 15) is 13.2 Å². The molecule has 1 heterocycles. The molecule has 2 rings (SSSR count). The molecule has 0 fully saturated rings. The van der Waals surface area contributed by atoms with E-state index in [0.717, 1.165) is 0 Å². The number of nitrogens with zero attached hydrogens (tertiary/aromatic N) is 1. The second kappa shape index (κ2) is 6.10. The maximum Gasteiger partial charge on any atom is 0.316 e. The summed E-state index contributed by atoms with van der Waals surface area (Å²) < 4.78 is 27.4. The van der Waals surface area contributed by atoms with Gasteiger partial charge in [-0.05, 0) is 40.2 Å². The number of sulfonamides is 1. The van der Waals surface area contributed by atoms with E-state index in [4.69, 9.17) is 5.73 Å². The number of hydrogen-bond donors (Lipinski definition) is 3. The van der Waals surface area contributed by atoms with Crippen LogP contribution in [0, 0.1) is 0 Å². The number of halogens is 1. The number of carbonyl (C=O) groups is 1. The molecular formula is C12H11BrN4O3S. The smallest absolute Gasteiger partial charge is 0.316 e. The second-order valence-corrected chi connectivity index (χ2v) is 6.61. The highest BCUT2D eigenvalue weighted by atomic mass is 79.9. The lowest BCUT2D eigenvalue weighted by molar-refractivity contribution is 0.259. The Hall–Kier alpha value is -2.13. The van der Waals surface area contributed by atoms with E-state index < -0.39 is 16.1 Å². The molecule has 0 aliphatic carbocycles. The number of hydrogen-bond acceptors (Lipinski definition) is 4. The van der Waals surface area contributed by atoms with Crippen molar-refractivity contribution in [2.75, 3.05) is 10.0 Å². The molecular weight excluding hydrogens is 360 g/mol. The zero-order valence-corrected chi connectivity index (χ0v) is 13.0. The summed E-state index contributed by atoms with van der Waals surface area (Å²) in [5.74, 6) is 0. The maximum absolute atomic E-state index is 12.2. The van der Waals surface area contributed by atoms with Gasteiger partial charge in [0.05, 0.1) is 5.69 Å². The Balaban J connectivity index is 2.26. The minimum atomic E-state index is -3.77. The number of rotatable bonds is 4. The molecule has 0 radical (unpaired) electrons. The van der Waals surface area contributed by atoms with Crippen LogP contribution in [0.5, 0.6) is 0 Å². The van der Waals surface area contributed by atoms with E-state index in [-0.39, 0.29) is 4.90 Å². The number of aromatic nitrogens is 1. The lowest BCUT2D eigenvalue weighted by Crippen LogP contribution is -2.19. The van der Waals surface area contributed by atoms with Gasteiger partial charge >= 0.3 is 6.03 Å². The largest absolute Gasteiger partial charge is 0.351 e. The highest BCUT2D eigenvalue weighted by Gasteiger charge is 2.15. The third-order valence-electron chi connectivity index (χ3n) is 2.37. The first-order valence-electron chi connectivity index (χ1n) is 5.67. The van der Waals surface area contributed by atoms with Crippen molar-refractivity contribution in [1.82, 2.24) is 4.98 Å². The first-order chi connectivity index (χ1) is 9.87. The topological polar surface area (TPSA) is 114 Å². The summed E-state index contributed by atoms with van der Waals surface area (Å²) in [6, 6.07) is 6.88. The standard InChI is InChI=1S/C12H11BrN4O3S/c13-8-4-11(7-15-6-8)21(19,20)17-10-3-1-2-9(5-10)16-12(14)18/h1-7,17H,(H3,14,16,18). The van der Waals surface area contributed by atoms with Crippen LogP contribution in [-0.2, 0) is 10.0 Å². The van der Waals surface area contributed by atoms with Gasteiger partial charge in [-0.1, -0.05) is 6.07 Å². The summed E-state index contributed by atoms with van der Waals surface area (Å²) in [7, 11) is -3.77. The minimum absolute atomic E-state index is 0.0186. The molecule has 110 valence electrons. The molecule has 7 nitrogen and oxygen atoms in total. The first kappa shape index (κ1) is 15.3. The van der Waals surface area contributed by atoms with Gasteiger partial charge < -0.3 is 11.1 Å². The zero-order chi connectivity index (χ0) is 15.5. The van der Waals surface area contributed by atoms with Gasteiger partial charge in [-0.15, -0.1) is 0 Å². The van der Waals surface area contributed by atoms with Crippen molar-refractivity contribution in [3.63, 3.8) is 0 Å². The maximum atomic E-state index is 12.2. The number of nitrogens with two attached hydrogens (primary N) is 1. The molecule has 0 aliphatic rings. The molecule has 0 saturated carbocycles. The average molecular weight is 371 g/mol. The normalized spacial score (nSPS) is 10.9.